The zero-order chi connectivity index (χ0) is 19.1. The van der Waals surface area contributed by atoms with Gasteiger partial charge in [-0.25, -0.2) is 19.6 Å². The quantitative estimate of drug-likeness (QED) is 0.346. The van der Waals surface area contributed by atoms with E-state index < -0.39 is 0 Å². The molecule has 0 bridgehead atoms. The first kappa shape index (κ1) is 22.4. The van der Waals surface area contributed by atoms with Crippen molar-refractivity contribution in [2.75, 3.05) is 13.2 Å². The molecule has 0 aliphatic carbocycles. The number of guanidine groups is 1. The highest BCUT2D eigenvalue weighted by Gasteiger charge is 2.21. The fourth-order valence-corrected chi connectivity index (χ4v) is 3.03. The molecule has 0 aromatic carbocycles. The van der Waals surface area contributed by atoms with Crippen molar-refractivity contribution < 1.29 is 4.74 Å². The summed E-state index contributed by atoms with van der Waals surface area (Å²) >= 11 is 0. The van der Waals surface area contributed by atoms with Gasteiger partial charge < -0.3 is 15.4 Å². The molecule has 3 heterocycles. The largest absolute Gasteiger partial charge is 0.478 e. The number of pyridine rings is 1. The van der Waals surface area contributed by atoms with Gasteiger partial charge in [-0.3, -0.25) is 0 Å². The van der Waals surface area contributed by atoms with Gasteiger partial charge in [0.25, 0.3) is 0 Å². The average molecular weight is 499 g/mol. The van der Waals surface area contributed by atoms with Crippen LogP contribution < -0.4 is 15.4 Å². The third kappa shape index (κ3) is 6.32. The van der Waals surface area contributed by atoms with E-state index in [0.717, 1.165) is 55.5 Å². The highest BCUT2D eigenvalue weighted by molar-refractivity contribution is 14.0. The number of nitrogens with zero attached hydrogens (tertiary/aromatic N) is 5. The molecule has 0 spiro atoms. The SMILES string of the molecule is CCCOc1ccc(CN=C(NCC)NC2CCc3nc(C)nn3C2)cn1.I. The number of hydrogen-bond acceptors (Lipinski definition) is 5. The Balaban J connectivity index is 0.00000280. The van der Waals surface area contributed by atoms with Crippen LogP contribution in [-0.2, 0) is 19.5 Å². The summed E-state index contributed by atoms with van der Waals surface area (Å²) < 4.78 is 7.52. The molecule has 1 aliphatic rings. The Hall–Kier alpha value is -1.91. The van der Waals surface area contributed by atoms with Gasteiger partial charge in [0, 0.05) is 31.3 Å². The van der Waals surface area contributed by atoms with E-state index in [1.807, 2.05) is 29.9 Å². The minimum atomic E-state index is 0. The van der Waals surface area contributed by atoms with Gasteiger partial charge in [-0.1, -0.05) is 13.0 Å². The van der Waals surface area contributed by atoms with E-state index >= 15 is 0 Å². The minimum Gasteiger partial charge on any atom is -0.478 e. The van der Waals surface area contributed by atoms with E-state index in [-0.39, 0.29) is 24.0 Å². The van der Waals surface area contributed by atoms with Gasteiger partial charge in [-0.15, -0.1) is 24.0 Å². The Morgan fingerprint density at radius 1 is 1.36 bits per heavy atom. The fraction of sp³-hybridized carbons (Fsp3) is 0.579. The lowest BCUT2D eigenvalue weighted by atomic mass is 10.1. The molecule has 0 radical (unpaired) electrons. The topological polar surface area (TPSA) is 89.3 Å². The summed E-state index contributed by atoms with van der Waals surface area (Å²) in [5.41, 5.74) is 1.05. The Kier molecular flexibility index (Phi) is 8.94. The average Bonchev–Trinajstić information content (AvgIpc) is 3.05. The standard InChI is InChI=1S/C19H29N7O.HI/c1-4-10-27-18-9-6-15(11-21-18)12-22-19(20-5-2)24-16-7-8-17-23-14(3)25-26(17)13-16;/h6,9,11,16H,4-5,7-8,10,12-13H2,1-3H3,(H2,20,22,24);1H. The minimum absolute atomic E-state index is 0. The van der Waals surface area contributed by atoms with Crippen molar-refractivity contribution in [3.05, 3.63) is 35.5 Å². The van der Waals surface area contributed by atoms with Crippen molar-refractivity contribution in [3.8, 4) is 5.88 Å². The van der Waals surface area contributed by atoms with Crippen LogP contribution >= 0.6 is 24.0 Å². The highest BCUT2D eigenvalue weighted by atomic mass is 127. The Morgan fingerprint density at radius 2 is 2.21 bits per heavy atom. The molecule has 2 N–H and O–H groups in total. The number of aliphatic imine (C=N–C) groups is 1. The maximum atomic E-state index is 5.52. The summed E-state index contributed by atoms with van der Waals surface area (Å²) in [6.45, 7) is 8.96. The van der Waals surface area contributed by atoms with E-state index in [1.165, 1.54) is 0 Å². The van der Waals surface area contributed by atoms with Gasteiger partial charge in [0.2, 0.25) is 5.88 Å². The summed E-state index contributed by atoms with van der Waals surface area (Å²) in [5.74, 6) is 3.39. The Bertz CT molecular complexity index is 760. The molecular weight excluding hydrogens is 469 g/mol. The molecule has 0 amide bonds. The van der Waals surface area contributed by atoms with Crippen LogP contribution in [0.5, 0.6) is 5.88 Å². The lowest BCUT2D eigenvalue weighted by Gasteiger charge is -2.25. The number of aryl methyl sites for hydroxylation is 2. The molecule has 0 fully saturated rings. The summed E-state index contributed by atoms with van der Waals surface area (Å²) in [5, 5.41) is 11.3. The van der Waals surface area contributed by atoms with Crippen LogP contribution in [0.1, 0.15) is 43.9 Å². The van der Waals surface area contributed by atoms with Crippen LogP contribution in [0.2, 0.25) is 0 Å². The van der Waals surface area contributed by atoms with Crippen molar-refractivity contribution >= 4 is 29.9 Å². The maximum absolute atomic E-state index is 5.52. The monoisotopic (exact) mass is 499 g/mol. The van der Waals surface area contributed by atoms with E-state index in [1.54, 1.807) is 0 Å². The molecule has 9 heteroatoms. The summed E-state index contributed by atoms with van der Waals surface area (Å²) in [6.07, 6.45) is 4.75. The zero-order valence-electron chi connectivity index (χ0n) is 16.8. The molecular formula is C19H30IN7O. The van der Waals surface area contributed by atoms with Gasteiger partial charge in [0.1, 0.15) is 11.6 Å². The van der Waals surface area contributed by atoms with Crippen LogP contribution in [0.15, 0.2) is 23.3 Å². The third-order valence-corrected chi connectivity index (χ3v) is 4.32. The number of rotatable bonds is 7. The highest BCUT2D eigenvalue weighted by Crippen LogP contribution is 2.13. The van der Waals surface area contributed by atoms with E-state index in [9.17, 15) is 0 Å². The number of aromatic nitrogens is 4. The first-order valence-corrected chi connectivity index (χ1v) is 9.70. The zero-order valence-corrected chi connectivity index (χ0v) is 19.1. The number of hydrogen-bond donors (Lipinski definition) is 2. The smallest absolute Gasteiger partial charge is 0.213 e. The number of fused-ring (bicyclic) bond motifs is 1. The summed E-state index contributed by atoms with van der Waals surface area (Å²) in [4.78, 5) is 13.5. The third-order valence-electron chi connectivity index (χ3n) is 4.32. The Labute approximate surface area is 183 Å². The van der Waals surface area contributed by atoms with E-state index in [0.29, 0.717) is 25.1 Å². The molecule has 1 atom stereocenters. The molecule has 1 aliphatic heterocycles. The number of ether oxygens (including phenoxy) is 1. The molecule has 0 saturated heterocycles. The molecule has 1 unspecified atom stereocenters. The second kappa shape index (κ2) is 11.2. The number of nitrogens with one attached hydrogen (secondary N) is 2. The summed E-state index contributed by atoms with van der Waals surface area (Å²) in [6, 6.07) is 4.20. The normalized spacial score (nSPS) is 16.1. The van der Waals surface area contributed by atoms with Crippen LogP contribution in [0, 0.1) is 6.92 Å². The molecule has 2 aromatic rings. The van der Waals surface area contributed by atoms with Gasteiger partial charge in [-0.05, 0) is 32.3 Å². The van der Waals surface area contributed by atoms with Crippen molar-refractivity contribution in [1.29, 1.82) is 0 Å². The van der Waals surface area contributed by atoms with Crippen molar-refractivity contribution in [1.82, 2.24) is 30.4 Å². The van der Waals surface area contributed by atoms with E-state index in [4.69, 9.17) is 9.73 Å². The molecule has 154 valence electrons. The van der Waals surface area contributed by atoms with Crippen molar-refractivity contribution in [2.45, 2.75) is 59.2 Å². The van der Waals surface area contributed by atoms with Gasteiger partial charge in [-0.2, -0.15) is 5.10 Å². The predicted octanol–water partition coefficient (Wildman–Crippen LogP) is 2.46. The number of halogens is 1. The van der Waals surface area contributed by atoms with Crippen molar-refractivity contribution in [3.63, 3.8) is 0 Å². The predicted molar refractivity (Wildman–Crippen MR) is 120 cm³/mol. The van der Waals surface area contributed by atoms with Crippen LogP contribution in [-0.4, -0.2) is 44.9 Å². The molecule has 0 saturated carbocycles. The molecule has 3 rings (SSSR count). The van der Waals surface area contributed by atoms with Crippen molar-refractivity contribution in [2.24, 2.45) is 4.99 Å². The van der Waals surface area contributed by atoms with Crippen LogP contribution in [0.3, 0.4) is 0 Å². The first-order chi connectivity index (χ1) is 13.2. The lowest BCUT2D eigenvalue weighted by molar-refractivity contribution is 0.305. The second-order valence-electron chi connectivity index (χ2n) is 6.69. The Morgan fingerprint density at radius 3 is 2.93 bits per heavy atom. The summed E-state index contributed by atoms with van der Waals surface area (Å²) in [7, 11) is 0. The molecule has 28 heavy (non-hydrogen) atoms. The van der Waals surface area contributed by atoms with Crippen LogP contribution in [0.25, 0.3) is 0 Å². The van der Waals surface area contributed by atoms with Gasteiger partial charge in [0.05, 0.1) is 19.7 Å². The van der Waals surface area contributed by atoms with Gasteiger partial charge >= 0.3 is 0 Å². The van der Waals surface area contributed by atoms with Gasteiger partial charge in [0.15, 0.2) is 5.96 Å². The lowest BCUT2D eigenvalue weighted by Crippen LogP contribution is -2.47. The first-order valence-electron chi connectivity index (χ1n) is 9.70. The van der Waals surface area contributed by atoms with Crippen LogP contribution in [0.4, 0.5) is 0 Å². The molecule has 2 aromatic heterocycles. The second-order valence-corrected chi connectivity index (χ2v) is 6.69. The van der Waals surface area contributed by atoms with E-state index in [2.05, 4.69) is 39.5 Å². The maximum Gasteiger partial charge on any atom is 0.213 e. The molecule has 8 nitrogen and oxygen atoms in total. The fourth-order valence-electron chi connectivity index (χ4n) is 3.03.